The van der Waals surface area contributed by atoms with Crippen LogP contribution in [0.15, 0.2) is 71.9 Å². The fraction of sp³-hybridized carbons (Fsp3) is 0.405. The van der Waals surface area contributed by atoms with Crippen molar-refractivity contribution in [2.45, 2.75) is 90.0 Å². The zero-order valence-electron chi connectivity index (χ0n) is 25.9. The summed E-state index contributed by atoms with van der Waals surface area (Å²) in [4.78, 5) is 30.5. The third-order valence-electron chi connectivity index (χ3n) is 9.06. The van der Waals surface area contributed by atoms with Gasteiger partial charge in [-0.3, -0.25) is 14.5 Å². The minimum Gasteiger partial charge on any atom is -0.507 e. The monoisotopic (exact) mass is 580 g/mol. The molecule has 0 aromatic heterocycles. The summed E-state index contributed by atoms with van der Waals surface area (Å²) >= 11 is 0. The Kier molecular flexibility index (Phi) is 7.02. The summed E-state index contributed by atoms with van der Waals surface area (Å²) in [5.41, 5.74) is 5.45. The van der Waals surface area contributed by atoms with E-state index in [4.69, 9.17) is 0 Å². The van der Waals surface area contributed by atoms with Crippen molar-refractivity contribution in [2.75, 3.05) is 10.2 Å². The van der Waals surface area contributed by atoms with E-state index in [-0.39, 0.29) is 52.3 Å². The summed E-state index contributed by atoms with van der Waals surface area (Å²) in [6, 6.07) is 17.5. The van der Waals surface area contributed by atoms with Crippen molar-refractivity contribution in [1.82, 2.24) is 0 Å². The Bertz CT molecular complexity index is 1600. The predicted molar refractivity (Wildman–Crippen MR) is 169 cm³/mol. The van der Waals surface area contributed by atoms with Crippen LogP contribution in [0.3, 0.4) is 0 Å². The van der Waals surface area contributed by atoms with Crippen LogP contribution in [0.2, 0.25) is 0 Å². The molecule has 5 nitrogen and oxygen atoms in total. The van der Waals surface area contributed by atoms with Crippen LogP contribution in [-0.4, -0.2) is 16.8 Å². The number of amides is 1. The SMILES string of the molecule is CC(C)(C)c1cc([C@H]2C3=C(C[C@@H](c4ccc(F)cc4)CC3=O)Nc3ccccc3N2C(=O)C2CC2)cc(C(C)(C)C)c1O. The highest BCUT2D eigenvalue weighted by atomic mass is 19.1. The minimum atomic E-state index is -0.663. The molecule has 1 heterocycles. The van der Waals surface area contributed by atoms with Gasteiger partial charge in [0.2, 0.25) is 5.91 Å². The van der Waals surface area contributed by atoms with Gasteiger partial charge in [-0.25, -0.2) is 4.39 Å². The molecule has 1 saturated carbocycles. The van der Waals surface area contributed by atoms with Crippen molar-refractivity contribution in [3.8, 4) is 5.75 Å². The van der Waals surface area contributed by atoms with E-state index in [9.17, 15) is 19.1 Å². The molecule has 0 saturated heterocycles. The molecule has 0 bridgehead atoms. The topological polar surface area (TPSA) is 69.6 Å². The number of phenols is 1. The zero-order valence-corrected chi connectivity index (χ0v) is 25.9. The van der Waals surface area contributed by atoms with E-state index < -0.39 is 6.04 Å². The summed E-state index contributed by atoms with van der Waals surface area (Å²) in [5, 5.41) is 15.1. The summed E-state index contributed by atoms with van der Waals surface area (Å²) in [7, 11) is 0. The number of halogens is 1. The van der Waals surface area contributed by atoms with E-state index >= 15 is 0 Å². The number of phenolic OH excluding ortho intramolecular Hbond substituents is 1. The first kappa shape index (κ1) is 29.2. The number of ketones is 1. The highest BCUT2D eigenvalue weighted by molar-refractivity contribution is 6.07. The van der Waals surface area contributed by atoms with Gasteiger partial charge < -0.3 is 10.4 Å². The Balaban J connectivity index is 1.62. The first-order valence-electron chi connectivity index (χ1n) is 15.3. The lowest BCUT2D eigenvalue weighted by Crippen LogP contribution is -2.39. The molecule has 3 aliphatic rings. The molecular weight excluding hydrogens is 539 g/mol. The van der Waals surface area contributed by atoms with Gasteiger partial charge in [-0.15, -0.1) is 0 Å². The van der Waals surface area contributed by atoms with Crippen molar-refractivity contribution >= 4 is 23.1 Å². The van der Waals surface area contributed by atoms with Crippen molar-refractivity contribution in [2.24, 2.45) is 5.92 Å². The Morgan fingerprint density at radius 2 is 1.49 bits per heavy atom. The normalized spacial score (nSPS) is 20.7. The first-order valence-corrected chi connectivity index (χ1v) is 15.3. The molecule has 3 aromatic carbocycles. The van der Waals surface area contributed by atoms with Crippen LogP contribution in [0, 0.1) is 11.7 Å². The third kappa shape index (κ3) is 5.37. The summed E-state index contributed by atoms with van der Waals surface area (Å²) in [6.07, 6.45) is 2.49. The maximum Gasteiger partial charge on any atom is 0.231 e. The average molecular weight is 581 g/mol. The molecule has 224 valence electrons. The number of hydrogen-bond donors (Lipinski definition) is 2. The van der Waals surface area contributed by atoms with Gasteiger partial charge >= 0.3 is 0 Å². The number of allylic oxidation sites excluding steroid dienone is 1. The van der Waals surface area contributed by atoms with Gasteiger partial charge in [0, 0.05) is 23.6 Å². The first-order chi connectivity index (χ1) is 20.2. The molecule has 6 heteroatoms. The lowest BCUT2D eigenvalue weighted by molar-refractivity contribution is -0.120. The van der Waals surface area contributed by atoms with Crippen molar-refractivity contribution in [3.63, 3.8) is 0 Å². The van der Waals surface area contributed by atoms with Crippen LogP contribution in [0.4, 0.5) is 15.8 Å². The Morgan fingerprint density at radius 3 is 2.07 bits per heavy atom. The quantitative estimate of drug-likeness (QED) is 0.326. The number of rotatable bonds is 3. The summed E-state index contributed by atoms with van der Waals surface area (Å²) in [5.74, 6) is -0.256. The number of Topliss-reactive ketones (excluding diaryl/α,β-unsaturated/α-hetero) is 1. The van der Waals surface area contributed by atoms with E-state index in [2.05, 4.69) is 46.9 Å². The number of fused-ring (bicyclic) bond motifs is 1. The number of carbonyl (C=O) groups is 2. The van der Waals surface area contributed by atoms with E-state index in [1.54, 1.807) is 12.1 Å². The average Bonchev–Trinajstić information content (AvgIpc) is 3.78. The van der Waals surface area contributed by atoms with Crippen LogP contribution >= 0.6 is 0 Å². The minimum absolute atomic E-state index is 0.0177. The molecule has 1 aliphatic heterocycles. The number of nitrogens with zero attached hydrogens (tertiary/aromatic N) is 1. The molecular formula is C37H41FN2O3. The van der Waals surface area contributed by atoms with E-state index in [1.165, 1.54) is 12.1 Å². The number of nitrogens with one attached hydrogen (secondary N) is 1. The second-order valence-corrected chi connectivity index (χ2v) is 14.5. The third-order valence-corrected chi connectivity index (χ3v) is 9.06. The molecule has 0 radical (unpaired) electrons. The van der Waals surface area contributed by atoms with Gasteiger partial charge in [0.1, 0.15) is 11.6 Å². The van der Waals surface area contributed by atoms with Crippen molar-refractivity contribution in [1.29, 1.82) is 0 Å². The molecule has 0 unspecified atom stereocenters. The van der Waals surface area contributed by atoms with Crippen LogP contribution < -0.4 is 10.2 Å². The largest absolute Gasteiger partial charge is 0.507 e. The predicted octanol–water partition coefficient (Wildman–Crippen LogP) is 8.44. The molecule has 0 spiro atoms. The van der Waals surface area contributed by atoms with Crippen LogP contribution in [0.25, 0.3) is 0 Å². The highest BCUT2D eigenvalue weighted by Gasteiger charge is 2.45. The fourth-order valence-corrected chi connectivity index (χ4v) is 6.60. The Labute approximate surface area is 253 Å². The van der Waals surface area contributed by atoms with Gasteiger partial charge in [0.15, 0.2) is 5.78 Å². The molecule has 3 aromatic rings. The molecule has 1 amide bonds. The van der Waals surface area contributed by atoms with Crippen molar-refractivity contribution < 1.29 is 19.1 Å². The summed E-state index contributed by atoms with van der Waals surface area (Å²) < 4.78 is 13.8. The Hall–Kier alpha value is -3.93. The molecule has 43 heavy (non-hydrogen) atoms. The van der Waals surface area contributed by atoms with Crippen molar-refractivity contribution in [3.05, 3.63) is 100 Å². The van der Waals surface area contributed by atoms with Crippen LogP contribution in [-0.2, 0) is 20.4 Å². The summed E-state index contributed by atoms with van der Waals surface area (Å²) in [6.45, 7) is 12.4. The second-order valence-electron chi connectivity index (χ2n) is 14.5. The van der Waals surface area contributed by atoms with Crippen LogP contribution in [0.1, 0.15) is 101 Å². The van der Waals surface area contributed by atoms with Gasteiger partial charge in [0.05, 0.1) is 17.4 Å². The second kappa shape index (κ2) is 10.4. The lowest BCUT2D eigenvalue weighted by Gasteiger charge is -2.37. The molecule has 2 atom stereocenters. The fourth-order valence-electron chi connectivity index (χ4n) is 6.60. The number of anilines is 2. The van der Waals surface area contributed by atoms with E-state index in [0.717, 1.165) is 52.2 Å². The Morgan fingerprint density at radius 1 is 0.884 bits per heavy atom. The number of carbonyl (C=O) groups excluding carboxylic acids is 2. The highest BCUT2D eigenvalue weighted by Crippen LogP contribution is 2.51. The van der Waals surface area contributed by atoms with E-state index in [0.29, 0.717) is 12.0 Å². The molecule has 6 rings (SSSR count). The lowest BCUT2D eigenvalue weighted by atomic mass is 9.74. The smallest absolute Gasteiger partial charge is 0.231 e. The van der Waals surface area contributed by atoms with Gasteiger partial charge in [0.25, 0.3) is 0 Å². The zero-order chi connectivity index (χ0) is 30.8. The molecule has 2 aliphatic carbocycles. The number of benzene rings is 3. The number of hydrogen-bond acceptors (Lipinski definition) is 4. The number of para-hydroxylation sites is 2. The van der Waals surface area contributed by atoms with Gasteiger partial charge in [-0.2, -0.15) is 0 Å². The maximum atomic E-state index is 14.4. The molecule has 2 N–H and O–H groups in total. The van der Waals surface area contributed by atoms with Gasteiger partial charge in [-0.05, 0) is 94.7 Å². The maximum absolute atomic E-state index is 14.4. The number of aromatic hydroxyl groups is 1. The van der Waals surface area contributed by atoms with Gasteiger partial charge in [-0.1, -0.05) is 65.8 Å². The van der Waals surface area contributed by atoms with Crippen LogP contribution in [0.5, 0.6) is 5.75 Å². The standard InChI is InChI=1S/C37H41FN2O3/c1-36(2,3)26-17-24(18-27(34(26)42)37(4,5)6)33-32-29(19-23(20-31(32)41)21-13-15-25(38)16-14-21)39-28-9-7-8-10-30(28)40(33)35(43)22-11-12-22/h7-10,13-18,22-23,33,39,42H,11-12,19-20H2,1-6H3/t23-,33+/m1/s1. The molecule has 1 fully saturated rings. The van der Waals surface area contributed by atoms with E-state index in [1.807, 2.05) is 41.3 Å².